The van der Waals surface area contributed by atoms with Crippen LogP contribution in [0.2, 0.25) is 0 Å². The third-order valence-electron chi connectivity index (χ3n) is 2.66. The van der Waals surface area contributed by atoms with Crippen LogP contribution in [0.5, 0.6) is 0 Å². The molecule has 0 fully saturated rings. The summed E-state index contributed by atoms with van der Waals surface area (Å²) in [6.07, 6.45) is 2.04. The van der Waals surface area contributed by atoms with Crippen molar-refractivity contribution in [3.05, 3.63) is 40.4 Å². The molecule has 1 aliphatic rings. The number of hydrogen-bond acceptors (Lipinski definition) is 1. The maximum atomic E-state index is 6.39. The summed E-state index contributed by atoms with van der Waals surface area (Å²) in [6.45, 7) is 8.08. The highest BCUT2D eigenvalue weighted by atomic mass is 35.5. The van der Waals surface area contributed by atoms with Gasteiger partial charge in [-0.25, -0.2) is 0 Å². The lowest BCUT2D eigenvalue weighted by molar-refractivity contribution is 1.23. The molecule has 16 heavy (non-hydrogen) atoms. The van der Waals surface area contributed by atoms with Crippen molar-refractivity contribution in [2.24, 2.45) is 4.99 Å². The van der Waals surface area contributed by atoms with Gasteiger partial charge in [-0.2, -0.15) is 0 Å². The van der Waals surface area contributed by atoms with Crippen LogP contribution in [0.25, 0.3) is 5.03 Å². The van der Waals surface area contributed by atoms with Crippen molar-refractivity contribution < 1.29 is 0 Å². The standard InChI is InChI=1S/C13H15ClN2/c1-7-5-9(3)15-12(7)11(14)13-8(2)6-10(4)16-13/h5-6,15H,1-4H3/b13-11+. The van der Waals surface area contributed by atoms with E-state index >= 15 is 0 Å². The van der Waals surface area contributed by atoms with E-state index in [0.29, 0.717) is 5.03 Å². The second kappa shape index (κ2) is 3.95. The fourth-order valence-corrected chi connectivity index (χ4v) is 2.36. The summed E-state index contributed by atoms with van der Waals surface area (Å²) < 4.78 is 0. The first-order valence-electron chi connectivity index (χ1n) is 5.29. The number of rotatable bonds is 1. The first-order chi connectivity index (χ1) is 7.49. The summed E-state index contributed by atoms with van der Waals surface area (Å²) in [7, 11) is 0. The van der Waals surface area contributed by atoms with Gasteiger partial charge in [0.2, 0.25) is 0 Å². The number of halogens is 1. The van der Waals surface area contributed by atoms with E-state index in [1.807, 2.05) is 33.8 Å². The van der Waals surface area contributed by atoms with Gasteiger partial charge in [-0.1, -0.05) is 11.6 Å². The highest BCUT2D eigenvalue weighted by Gasteiger charge is 2.16. The fourth-order valence-electron chi connectivity index (χ4n) is 1.98. The highest BCUT2D eigenvalue weighted by molar-refractivity contribution is 6.49. The molecule has 0 unspecified atom stereocenters. The molecule has 0 bridgehead atoms. The molecule has 0 aromatic carbocycles. The Hall–Kier alpha value is -1.28. The van der Waals surface area contributed by atoms with Gasteiger partial charge in [0.25, 0.3) is 0 Å². The van der Waals surface area contributed by atoms with Gasteiger partial charge in [0.15, 0.2) is 0 Å². The third kappa shape index (κ3) is 1.85. The molecule has 0 saturated carbocycles. The first kappa shape index (κ1) is 11.2. The van der Waals surface area contributed by atoms with Crippen molar-refractivity contribution in [2.75, 3.05) is 0 Å². The number of aliphatic imine (C=N–C) groups is 1. The molecule has 0 aliphatic carbocycles. The van der Waals surface area contributed by atoms with E-state index in [2.05, 4.69) is 16.0 Å². The fraction of sp³-hybridized carbons (Fsp3) is 0.308. The van der Waals surface area contributed by atoms with Gasteiger partial charge in [0.05, 0.1) is 16.4 Å². The largest absolute Gasteiger partial charge is 0.358 e. The Morgan fingerprint density at radius 1 is 1.25 bits per heavy atom. The van der Waals surface area contributed by atoms with Crippen LogP contribution in [0, 0.1) is 13.8 Å². The summed E-state index contributed by atoms with van der Waals surface area (Å²) in [6, 6.07) is 2.09. The summed E-state index contributed by atoms with van der Waals surface area (Å²) in [5.41, 5.74) is 6.25. The predicted octanol–water partition coefficient (Wildman–Crippen LogP) is 3.96. The number of aromatic amines is 1. The lowest BCUT2D eigenvalue weighted by Gasteiger charge is -2.03. The van der Waals surface area contributed by atoms with Gasteiger partial charge in [0.1, 0.15) is 0 Å². The van der Waals surface area contributed by atoms with Gasteiger partial charge in [-0.05, 0) is 51.0 Å². The van der Waals surface area contributed by atoms with Crippen LogP contribution in [-0.4, -0.2) is 10.7 Å². The lowest BCUT2D eigenvalue weighted by Crippen LogP contribution is -1.87. The molecule has 1 N–H and O–H groups in total. The zero-order chi connectivity index (χ0) is 11.9. The number of H-pyrrole nitrogens is 1. The van der Waals surface area contributed by atoms with Crippen LogP contribution >= 0.6 is 11.6 Å². The number of nitrogens with one attached hydrogen (secondary N) is 1. The van der Waals surface area contributed by atoms with Crippen LogP contribution in [0.4, 0.5) is 0 Å². The van der Waals surface area contributed by atoms with E-state index < -0.39 is 0 Å². The first-order valence-corrected chi connectivity index (χ1v) is 5.67. The van der Waals surface area contributed by atoms with Gasteiger partial charge >= 0.3 is 0 Å². The zero-order valence-corrected chi connectivity index (χ0v) is 10.7. The number of aryl methyl sites for hydroxylation is 2. The molecule has 1 aromatic heterocycles. The summed E-state index contributed by atoms with van der Waals surface area (Å²) in [4.78, 5) is 7.72. The monoisotopic (exact) mass is 234 g/mol. The molecule has 0 amide bonds. The number of allylic oxidation sites excluding steroid dienone is 2. The number of aromatic nitrogens is 1. The third-order valence-corrected chi connectivity index (χ3v) is 3.03. The Bertz CT molecular complexity index is 530. The molecule has 2 rings (SSSR count). The second-order valence-corrected chi connectivity index (χ2v) is 4.63. The van der Waals surface area contributed by atoms with Gasteiger partial charge in [0, 0.05) is 11.4 Å². The number of nitrogens with zero attached hydrogens (tertiary/aromatic N) is 1. The van der Waals surface area contributed by atoms with Crippen LogP contribution in [0.3, 0.4) is 0 Å². The molecule has 1 aliphatic heterocycles. The van der Waals surface area contributed by atoms with Crippen molar-refractivity contribution in [3.63, 3.8) is 0 Å². The normalized spacial score (nSPS) is 18.6. The van der Waals surface area contributed by atoms with Crippen LogP contribution in [0.15, 0.2) is 28.4 Å². The van der Waals surface area contributed by atoms with Crippen LogP contribution < -0.4 is 0 Å². The average Bonchev–Trinajstić information content (AvgIpc) is 2.68. The van der Waals surface area contributed by atoms with Gasteiger partial charge in [-0.3, -0.25) is 4.99 Å². The maximum Gasteiger partial charge on any atom is 0.0902 e. The molecule has 1 aromatic rings. The van der Waals surface area contributed by atoms with Gasteiger partial charge in [-0.15, -0.1) is 0 Å². The zero-order valence-electron chi connectivity index (χ0n) is 9.98. The summed E-state index contributed by atoms with van der Waals surface area (Å²) >= 11 is 6.39. The average molecular weight is 235 g/mol. The lowest BCUT2D eigenvalue weighted by atomic mass is 10.1. The van der Waals surface area contributed by atoms with E-state index in [4.69, 9.17) is 11.6 Å². The molecule has 0 spiro atoms. The van der Waals surface area contributed by atoms with E-state index in [1.54, 1.807) is 0 Å². The Morgan fingerprint density at radius 3 is 2.38 bits per heavy atom. The summed E-state index contributed by atoms with van der Waals surface area (Å²) in [5.74, 6) is 0. The SMILES string of the molecule is CC1=CC(C)=N/C1=C(/Cl)c1[nH]c(C)cc1C. The molecule has 84 valence electrons. The van der Waals surface area contributed by atoms with Crippen LogP contribution in [0.1, 0.15) is 30.8 Å². The Kier molecular flexibility index (Phi) is 2.76. The Balaban J connectivity index is 2.54. The van der Waals surface area contributed by atoms with E-state index in [1.165, 1.54) is 0 Å². The van der Waals surface area contributed by atoms with Crippen LogP contribution in [-0.2, 0) is 0 Å². The molecular weight excluding hydrogens is 220 g/mol. The topological polar surface area (TPSA) is 28.1 Å². The van der Waals surface area contributed by atoms with Gasteiger partial charge < -0.3 is 4.98 Å². The minimum Gasteiger partial charge on any atom is -0.358 e. The Morgan fingerprint density at radius 2 is 1.94 bits per heavy atom. The van der Waals surface area contributed by atoms with Crippen molar-refractivity contribution in [3.8, 4) is 0 Å². The molecule has 2 nitrogen and oxygen atoms in total. The summed E-state index contributed by atoms with van der Waals surface area (Å²) in [5, 5.41) is 0.705. The Labute approximate surface area is 101 Å². The van der Waals surface area contributed by atoms with E-state index in [-0.39, 0.29) is 0 Å². The van der Waals surface area contributed by atoms with Crippen molar-refractivity contribution >= 4 is 22.3 Å². The molecular formula is C13H15ClN2. The van der Waals surface area contributed by atoms with Crippen molar-refractivity contribution in [1.82, 2.24) is 4.98 Å². The molecule has 0 atom stereocenters. The molecule has 0 saturated heterocycles. The van der Waals surface area contributed by atoms with Crippen molar-refractivity contribution in [2.45, 2.75) is 27.7 Å². The molecule has 2 heterocycles. The quantitative estimate of drug-likeness (QED) is 0.762. The smallest absolute Gasteiger partial charge is 0.0902 e. The van der Waals surface area contributed by atoms with E-state index in [0.717, 1.165) is 33.9 Å². The maximum absolute atomic E-state index is 6.39. The van der Waals surface area contributed by atoms with Crippen molar-refractivity contribution in [1.29, 1.82) is 0 Å². The molecule has 3 heteroatoms. The molecule has 0 radical (unpaired) electrons. The number of hydrogen-bond donors (Lipinski definition) is 1. The second-order valence-electron chi connectivity index (χ2n) is 4.25. The minimum atomic E-state index is 0.705. The van der Waals surface area contributed by atoms with E-state index in [9.17, 15) is 0 Å². The highest BCUT2D eigenvalue weighted by Crippen LogP contribution is 2.32. The predicted molar refractivity (Wildman–Crippen MR) is 69.9 cm³/mol. The minimum absolute atomic E-state index is 0.705.